The quantitative estimate of drug-likeness (QED) is 0.656. The molecule has 2 nitrogen and oxygen atoms in total. The van der Waals surface area contributed by atoms with Crippen LogP contribution in [0.15, 0.2) is 15.9 Å². The first-order valence-electron chi connectivity index (χ1n) is 5.49. The summed E-state index contributed by atoms with van der Waals surface area (Å²) in [6.07, 6.45) is 6.74. The third-order valence-electron chi connectivity index (χ3n) is 3.18. The second-order valence-corrected chi connectivity index (χ2v) is 6.13. The standard InChI is InChI=1S/C11H17BrN2S/c12-9-6-11(15-7-9)10(14-13)5-8-3-1-2-4-8/h6-8,10,14H,1-5,13H2. The fraction of sp³-hybridized carbons (Fsp3) is 0.636. The second kappa shape index (κ2) is 5.43. The maximum Gasteiger partial charge on any atom is 0.0556 e. The fourth-order valence-electron chi connectivity index (χ4n) is 2.36. The molecular formula is C11H17BrN2S. The van der Waals surface area contributed by atoms with Gasteiger partial charge in [-0.05, 0) is 34.3 Å². The normalized spacial score (nSPS) is 19.6. The molecule has 1 aromatic rings. The third kappa shape index (κ3) is 3.03. The lowest BCUT2D eigenvalue weighted by Crippen LogP contribution is -2.28. The number of rotatable bonds is 4. The van der Waals surface area contributed by atoms with Crippen LogP contribution in [0.1, 0.15) is 43.0 Å². The van der Waals surface area contributed by atoms with Crippen molar-refractivity contribution in [1.29, 1.82) is 0 Å². The molecule has 1 aliphatic carbocycles. The molecule has 1 aromatic heterocycles. The molecule has 0 saturated heterocycles. The van der Waals surface area contributed by atoms with Crippen LogP contribution in [0.25, 0.3) is 0 Å². The van der Waals surface area contributed by atoms with Crippen LogP contribution in [0.3, 0.4) is 0 Å². The monoisotopic (exact) mass is 288 g/mol. The molecule has 0 amide bonds. The molecule has 1 heterocycles. The molecule has 3 N–H and O–H groups in total. The van der Waals surface area contributed by atoms with E-state index in [9.17, 15) is 0 Å². The number of halogens is 1. The van der Waals surface area contributed by atoms with Crippen molar-refractivity contribution in [3.05, 3.63) is 20.8 Å². The van der Waals surface area contributed by atoms with Crippen molar-refractivity contribution in [2.45, 2.75) is 38.1 Å². The van der Waals surface area contributed by atoms with E-state index in [1.165, 1.54) is 37.0 Å². The summed E-state index contributed by atoms with van der Waals surface area (Å²) in [4.78, 5) is 1.34. The van der Waals surface area contributed by atoms with Crippen molar-refractivity contribution in [2.24, 2.45) is 11.8 Å². The molecule has 15 heavy (non-hydrogen) atoms. The van der Waals surface area contributed by atoms with Crippen molar-refractivity contribution in [1.82, 2.24) is 5.43 Å². The number of nitrogens with one attached hydrogen (secondary N) is 1. The number of hydrogen-bond donors (Lipinski definition) is 2. The number of hydrogen-bond acceptors (Lipinski definition) is 3. The van der Waals surface area contributed by atoms with Gasteiger partial charge in [0.1, 0.15) is 0 Å². The van der Waals surface area contributed by atoms with Gasteiger partial charge in [-0.15, -0.1) is 11.3 Å². The summed E-state index contributed by atoms with van der Waals surface area (Å²) in [7, 11) is 0. The van der Waals surface area contributed by atoms with Gasteiger partial charge >= 0.3 is 0 Å². The van der Waals surface area contributed by atoms with Gasteiger partial charge < -0.3 is 0 Å². The van der Waals surface area contributed by atoms with Crippen LogP contribution in [0.2, 0.25) is 0 Å². The molecular weight excluding hydrogens is 272 g/mol. The Morgan fingerprint density at radius 1 is 1.53 bits per heavy atom. The fourth-order valence-corrected chi connectivity index (χ4v) is 3.88. The minimum Gasteiger partial charge on any atom is -0.271 e. The largest absolute Gasteiger partial charge is 0.271 e. The maximum absolute atomic E-state index is 5.63. The number of nitrogens with two attached hydrogens (primary N) is 1. The molecule has 4 heteroatoms. The topological polar surface area (TPSA) is 38.0 Å². The van der Waals surface area contributed by atoms with Crippen LogP contribution in [0.4, 0.5) is 0 Å². The van der Waals surface area contributed by atoms with E-state index < -0.39 is 0 Å². The Kier molecular flexibility index (Phi) is 4.20. The Hall–Kier alpha value is 0.1000. The first-order chi connectivity index (χ1) is 7.29. The van der Waals surface area contributed by atoms with Gasteiger partial charge in [0.2, 0.25) is 0 Å². The van der Waals surface area contributed by atoms with E-state index in [1.54, 1.807) is 11.3 Å². The zero-order valence-corrected chi connectivity index (χ0v) is 11.1. The first kappa shape index (κ1) is 11.6. The van der Waals surface area contributed by atoms with E-state index in [0.717, 1.165) is 10.4 Å². The van der Waals surface area contributed by atoms with Gasteiger partial charge in [0.15, 0.2) is 0 Å². The van der Waals surface area contributed by atoms with E-state index >= 15 is 0 Å². The summed E-state index contributed by atoms with van der Waals surface area (Å²) in [5.74, 6) is 6.50. The van der Waals surface area contributed by atoms with Crippen LogP contribution in [-0.4, -0.2) is 0 Å². The zero-order chi connectivity index (χ0) is 10.7. The van der Waals surface area contributed by atoms with E-state index in [1.807, 2.05) is 0 Å². The molecule has 0 spiro atoms. The van der Waals surface area contributed by atoms with Crippen LogP contribution >= 0.6 is 27.3 Å². The molecule has 1 aliphatic rings. The lowest BCUT2D eigenvalue weighted by molar-refractivity contribution is 0.404. The molecule has 1 fully saturated rings. The zero-order valence-electron chi connectivity index (χ0n) is 8.71. The Bertz CT molecular complexity index is 307. The SMILES string of the molecule is NNC(CC1CCCC1)c1cc(Br)cs1. The lowest BCUT2D eigenvalue weighted by atomic mass is 9.98. The van der Waals surface area contributed by atoms with Gasteiger partial charge in [0.05, 0.1) is 6.04 Å². The predicted molar refractivity (Wildman–Crippen MR) is 68.7 cm³/mol. The van der Waals surface area contributed by atoms with Gasteiger partial charge in [-0.2, -0.15) is 0 Å². The highest BCUT2D eigenvalue weighted by Crippen LogP contribution is 2.35. The van der Waals surface area contributed by atoms with Gasteiger partial charge in [0.25, 0.3) is 0 Å². The summed E-state index contributed by atoms with van der Waals surface area (Å²) >= 11 is 5.26. The molecule has 84 valence electrons. The van der Waals surface area contributed by atoms with Gasteiger partial charge in [-0.25, -0.2) is 0 Å². The Balaban J connectivity index is 1.97. The summed E-state index contributed by atoms with van der Waals surface area (Å²) in [6, 6.07) is 2.51. The number of hydrazine groups is 1. The minimum absolute atomic E-state index is 0.337. The van der Waals surface area contributed by atoms with Crippen LogP contribution < -0.4 is 11.3 Å². The van der Waals surface area contributed by atoms with Gasteiger partial charge in [-0.3, -0.25) is 11.3 Å². The third-order valence-corrected chi connectivity index (χ3v) is 4.98. The summed E-state index contributed by atoms with van der Waals surface area (Å²) < 4.78 is 1.16. The van der Waals surface area contributed by atoms with Crippen molar-refractivity contribution in [3.63, 3.8) is 0 Å². The average Bonchev–Trinajstić information content (AvgIpc) is 2.85. The highest BCUT2D eigenvalue weighted by atomic mass is 79.9. The lowest BCUT2D eigenvalue weighted by Gasteiger charge is -2.18. The molecule has 0 aliphatic heterocycles. The average molecular weight is 289 g/mol. The predicted octanol–water partition coefficient (Wildman–Crippen LogP) is 3.60. The molecule has 0 aromatic carbocycles. The summed E-state index contributed by atoms with van der Waals surface area (Å²) in [6.45, 7) is 0. The molecule has 0 bridgehead atoms. The van der Waals surface area contributed by atoms with Crippen LogP contribution in [0, 0.1) is 5.92 Å². The Morgan fingerprint density at radius 2 is 2.27 bits per heavy atom. The second-order valence-electron chi connectivity index (χ2n) is 4.27. The van der Waals surface area contributed by atoms with Crippen molar-refractivity contribution >= 4 is 27.3 Å². The molecule has 0 radical (unpaired) electrons. The highest BCUT2D eigenvalue weighted by Gasteiger charge is 2.21. The van der Waals surface area contributed by atoms with Crippen molar-refractivity contribution in [3.8, 4) is 0 Å². The Labute approximate surface area is 103 Å². The maximum atomic E-state index is 5.63. The Morgan fingerprint density at radius 3 is 2.80 bits per heavy atom. The first-order valence-corrected chi connectivity index (χ1v) is 7.17. The van der Waals surface area contributed by atoms with E-state index in [2.05, 4.69) is 32.8 Å². The van der Waals surface area contributed by atoms with Gasteiger partial charge in [0, 0.05) is 14.7 Å². The van der Waals surface area contributed by atoms with E-state index in [0.29, 0.717) is 6.04 Å². The molecule has 1 unspecified atom stereocenters. The summed E-state index contributed by atoms with van der Waals surface area (Å²) in [5, 5.41) is 2.12. The molecule has 2 rings (SSSR count). The molecule has 1 saturated carbocycles. The van der Waals surface area contributed by atoms with E-state index in [-0.39, 0.29) is 0 Å². The van der Waals surface area contributed by atoms with E-state index in [4.69, 9.17) is 5.84 Å². The van der Waals surface area contributed by atoms with Crippen molar-refractivity contribution < 1.29 is 0 Å². The smallest absolute Gasteiger partial charge is 0.0556 e. The van der Waals surface area contributed by atoms with Crippen molar-refractivity contribution in [2.75, 3.05) is 0 Å². The molecule has 1 atom stereocenters. The highest BCUT2D eigenvalue weighted by molar-refractivity contribution is 9.10. The van der Waals surface area contributed by atoms with Gasteiger partial charge in [-0.1, -0.05) is 25.7 Å². The minimum atomic E-state index is 0.337. The van der Waals surface area contributed by atoms with Crippen LogP contribution in [0.5, 0.6) is 0 Å². The summed E-state index contributed by atoms with van der Waals surface area (Å²) in [5.41, 5.74) is 2.95. The number of thiophene rings is 1. The van der Waals surface area contributed by atoms with Crippen LogP contribution in [-0.2, 0) is 0 Å².